The molecule has 0 amide bonds. The highest BCUT2D eigenvalue weighted by Crippen LogP contribution is 2.26. The van der Waals surface area contributed by atoms with Gasteiger partial charge in [0.1, 0.15) is 5.78 Å². The third kappa shape index (κ3) is 0.800. The Labute approximate surface area is 42.1 Å². The SMILES string of the molecule is CC1(O)CC(=O)C1. The van der Waals surface area contributed by atoms with Crippen LogP contribution in [0.25, 0.3) is 0 Å². The molecule has 0 aliphatic heterocycles. The van der Waals surface area contributed by atoms with E-state index < -0.39 is 5.60 Å². The molecule has 0 bridgehead atoms. The van der Waals surface area contributed by atoms with Crippen LogP contribution in [0.3, 0.4) is 0 Å². The van der Waals surface area contributed by atoms with Crippen molar-refractivity contribution in [2.45, 2.75) is 25.4 Å². The summed E-state index contributed by atoms with van der Waals surface area (Å²) in [4.78, 5) is 10.2. The molecule has 0 aromatic heterocycles. The predicted octanol–water partition coefficient (Wildman–Crippen LogP) is 0.100. The fraction of sp³-hybridized carbons (Fsp3) is 0.800. The van der Waals surface area contributed by atoms with Gasteiger partial charge >= 0.3 is 0 Å². The number of ketones is 1. The molecule has 1 aliphatic rings. The quantitative estimate of drug-likeness (QED) is 0.468. The highest BCUT2D eigenvalue weighted by atomic mass is 16.3. The number of carbonyl (C=O) groups is 1. The van der Waals surface area contributed by atoms with E-state index in [4.69, 9.17) is 5.11 Å². The van der Waals surface area contributed by atoms with E-state index in [1.807, 2.05) is 0 Å². The molecule has 0 unspecified atom stereocenters. The zero-order valence-corrected chi connectivity index (χ0v) is 4.27. The highest BCUT2D eigenvalue weighted by molar-refractivity contribution is 5.86. The molecule has 2 heteroatoms. The molecule has 7 heavy (non-hydrogen) atoms. The normalized spacial score (nSPS) is 26.9. The summed E-state index contributed by atoms with van der Waals surface area (Å²) in [5.41, 5.74) is -0.656. The lowest BCUT2D eigenvalue weighted by atomic mass is 9.81. The molecule has 1 rings (SSSR count). The van der Waals surface area contributed by atoms with Gasteiger partial charge in [-0.3, -0.25) is 4.79 Å². The number of rotatable bonds is 0. The summed E-state index contributed by atoms with van der Waals surface area (Å²) in [5, 5.41) is 8.86. The lowest BCUT2D eigenvalue weighted by molar-refractivity contribution is -0.139. The van der Waals surface area contributed by atoms with Crippen molar-refractivity contribution in [1.29, 1.82) is 0 Å². The molecule has 0 aromatic carbocycles. The zero-order chi connectivity index (χ0) is 5.49. The third-order valence-electron chi connectivity index (χ3n) is 1.16. The number of hydrogen-bond donors (Lipinski definition) is 1. The topological polar surface area (TPSA) is 37.3 Å². The van der Waals surface area contributed by atoms with Crippen LogP contribution in [0.1, 0.15) is 19.8 Å². The molecule has 1 saturated carbocycles. The van der Waals surface area contributed by atoms with Crippen LogP contribution in [0.2, 0.25) is 0 Å². The van der Waals surface area contributed by atoms with E-state index in [2.05, 4.69) is 0 Å². The molecule has 40 valence electrons. The van der Waals surface area contributed by atoms with Gasteiger partial charge in [0.25, 0.3) is 0 Å². The maximum absolute atomic E-state index is 10.2. The molecule has 0 atom stereocenters. The Morgan fingerprint density at radius 1 is 1.71 bits per heavy atom. The number of hydrogen-bond acceptors (Lipinski definition) is 2. The standard InChI is InChI=1S/C5H8O2/c1-5(7)2-4(6)3-5/h7H,2-3H2,1H3. The maximum atomic E-state index is 10.2. The van der Waals surface area contributed by atoms with E-state index in [9.17, 15) is 4.79 Å². The van der Waals surface area contributed by atoms with Gasteiger partial charge < -0.3 is 5.11 Å². The van der Waals surface area contributed by atoms with Crippen LogP contribution < -0.4 is 0 Å². The van der Waals surface area contributed by atoms with E-state index in [0.717, 1.165) is 0 Å². The van der Waals surface area contributed by atoms with Gasteiger partial charge in [-0.15, -0.1) is 0 Å². The molecule has 1 N–H and O–H groups in total. The Morgan fingerprint density at radius 2 is 2.14 bits per heavy atom. The van der Waals surface area contributed by atoms with E-state index in [0.29, 0.717) is 12.8 Å². The summed E-state index contributed by atoms with van der Waals surface area (Å²) in [5.74, 6) is 0.171. The minimum atomic E-state index is -0.656. The van der Waals surface area contributed by atoms with Gasteiger partial charge in [-0.2, -0.15) is 0 Å². The first kappa shape index (κ1) is 4.78. The smallest absolute Gasteiger partial charge is 0.138 e. The van der Waals surface area contributed by atoms with Gasteiger partial charge in [-0.05, 0) is 6.92 Å². The number of Topliss-reactive ketones (excluding diaryl/α,β-unsaturated/α-hetero) is 1. The lowest BCUT2D eigenvalue weighted by Crippen LogP contribution is -2.40. The second kappa shape index (κ2) is 1.07. The molecule has 0 aromatic rings. The summed E-state index contributed by atoms with van der Waals surface area (Å²) in [6.07, 6.45) is 0.708. The minimum absolute atomic E-state index is 0.171. The first-order valence-electron chi connectivity index (χ1n) is 2.34. The maximum Gasteiger partial charge on any atom is 0.138 e. The molecule has 2 nitrogen and oxygen atoms in total. The van der Waals surface area contributed by atoms with E-state index >= 15 is 0 Å². The van der Waals surface area contributed by atoms with Crippen molar-refractivity contribution in [2.75, 3.05) is 0 Å². The fourth-order valence-corrected chi connectivity index (χ4v) is 0.798. The largest absolute Gasteiger partial charge is 0.389 e. The molecule has 1 aliphatic carbocycles. The van der Waals surface area contributed by atoms with Gasteiger partial charge in [0.05, 0.1) is 5.60 Å². The minimum Gasteiger partial charge on any atom is -0.389 e. The van der Waals surface area contributed by atoms with Crippen molar-refractivity contribution < 1.29 is 9.90 Å². The van der Waals surface area contributed by atoms with Crippen LogP contribution in [0, 0.1) is 0 Å². The van der Waals surface area contributed by atoms with Crippen molar-refractivity contribution in [3.8, 4) is 0 Å². The molecule has 1 fully saturated rings. The van der Waals surface area contributed by atoms with Crippen LogP contribution in [0.4, 0.5) is 0 Å². The molecular formula is C5H8O2. The summed E-state index contributed by atoms with van der Waals surface area (Å²) in [6.45, 7) is 1.68. The van der Waals surface area contributed by atoms with Crippen LogP contribution in [0.5, 0.6) is 0 Å². The van der Waals surface area contributed by atoms with Crippen molar-refractivity contribution in [2.24, 2.45) is 0 Å². The Hall–Kier alpha value is -0.370. The Kier molecular flexibility index (Phi) is 0.729. The van der Waals surface area contributed by atoms with E-state index in [-0.39, 0.29) is 5.78 Å². The summed E-state index contributed by atoms with van der Waals surface area (Å²) >= 11 is 0. The third-order valence-corrected chi connectivity index (χ3v) is 1.16. The molecule has 0 radical (unpaired) electrons. The lowest BCUT2D eigenvalue weighted by Gasteiger charge is -2.30. The summed E-state index contributed by atoms with van der Waals surface area (Å²) in [7, 11) is 0. The van der Waals surface area contributed by atoms with Crippen LogP contribution in [0.15, 0.2) is 0 Å². The Bertz CT molecular complexity index is 94.6. The first-order valence-corrected chi connectivity index (χ1v) is 2.34. The second-order valence-corrected chi connectivity index (χ2v) is 2.39. The number of carbonyl (C=O) groups excluding carboxylic acids is 1. The van der Waals surface area contributed by atoms with Gasteiger partial charge in [0, 0.05) is 12.8 Å². The van der Waals surface area contributed by atoms with Crippen LogP contribution in [-0.4, -0.2) is 16.5 Å². The first-order chi connectivity index (χ1) is 3.10. The average molecular weight is 100 g/mol. The Balaban J connectivity index is 2.43. The van der Waals surface area contributed by atoms with Crippen LogP contribution in [-0.2, 0) is 4.79 Å². The second-order valence-electron chi connectivity index (χ2n) is 2.39. The van der Waals surface area contributed by atoms with Crippen molar-refractivity contribution >= 4 is 5.78 Å². The van der Waals surface area contributed by atoms with E-state index in [1.165, 1.54) is 0 Å². The fourth-order valence-electron chi connectivity index (χ4n) is 0.798. The monoisotopic (exact) mass is 100 g/mol. The summed E-state index contributed by atoms with van der Waals surface area (Å²) in [6, 6.07) is 0. The predicted molar refractivity (Wildman–Crippen MR) is 24.9 cm³/mol. The van der Waals surface area contributed by atoms with Crippen LogP contribution >= 0.6 is 0 Å². The van der Waals surface area contributed by atoms with Crippen molar-refractivity contribution in [3.63, 3.8) is 0 Å². The van der Waals surface area contributed by atoms with Gasteiger partial charge in [-0.1, -0.05) is 0 Å². The van der Waals surface area contributed by atoms with Crippen molar-refractivity contribution in [1.82, 2.24) is 0 Å². The van der Waals surface area contributed by atoms with Gasteiger partial charge in [-0.25, -0.2) is 0 Å². The molecule has 0 spiro atoms. The zero-order valence-electron chi connectivity index (χ0n) is 4.27. The van der Waals surface area contributed by atoms with Gasteiger partial charge in [0.2, 0.25) is 0 Å². The highest BCUT2D eigenvalue weighted by Gasteiger charge is 2.36. The summed E-state index contributed by atoms with van der Waals surface area (Å²) < 4.78 is 0. The molecule has 0 heterocycles. The average Bonchev–Trinajstić information content (AvgIpc) is 1.27. The van der Waals surface area contributed by atoms with E-state index in [1.54, 1.807) is 6.92 Å². The van der Waals surface area contributed by atoms with Crippen molar-refractivity contribution in [3.05, 3.63) is 0 Å². The van der Waals surface area contributed by atoms with Gasteiger partial charge in [0.15, 0.2) is 0 Å². The molecule has 0 saturated heterocycles. The number of aliphatic hydroxyl groups is 1. The molecular weight excluding hydrogens is 92.1 g/mol. The Morgan fingerprint density at radius 3 is 2.14 bits per heavy atom.